The Morgan fingerprint density at radius 2 is 1.65 bits per heavy atom. The highest BCUT2D eigenvalue weighted by Crippen LogP contribution is 2.43. The molecule has 0 radical (unpaired) electrons. The van der Waals surface area contributed by atoms with E-state index < -0.39 is 0 Å². The minimum Gasteiger partial charge on any atom is -0.493 e. The molecule has 0 fully saturated rings. The second kappa shape index (κ2) is 7.61. The number of anilines is 1. The van der Waals surface area contributed by atoms with Crippen LogP contribution in [0.15, 0.2) is 46.0 Å². The van der Waals surface area contributed by atoms with Crippen LogP contribution < -0.4 is 19.9 Å². The summed E-state index contributed by atoms with van der Waals surface area (Å²) < 4.78 is 21.5. The molecular formula is C19H20N2O4S. The summed E-state index contributed by atoms with van der Waals surface area (Å²) in [6.07, 6.45) is 3.60. The number of rotatable bonds is 6. The van der Waals surface area contributed by atoms with Crippen LogP contribution in [0.3, 0.4) is 0 Å². The number of hydrogen-bond acceptors (Lipinski definition) is 7. The summed E-state index contributed by atoms with van der Waals surface area (Å²) in [4.78, 5) is 1.03. The summed E-state index contributed by atoms with van der Waals surface area (Å²) >= 11 is 1.60. The maximum absolute atomic E-state index is 6.13. The van der Waals surface area contributed by atoms with Crippen molar-refractivity contribution in [2.45, 2.75) is 4.90 Å². The van der Waals surface area contributed by atoms with Crippen LogP contribution in [0.5, 0.6) is 17.2 Å². The minimum atomic E-state index is 0.525. The van der Waals surface area contributed by atoms with E-state index in [0.717, 1.165) is 21.6 Å². The van der Waals surface area contributed by atoms with Crippen molar-refractivity contribution in [1.82, 2.24) is 5.16 Å². The second-order valence-corrected chi connectivity index (χ2v) is 6.30. The lowest BCUT2D eigenvalue weighted by Crippen LogP contribution is -1.96. The Morgan fingerprint density at radius 3 is 2.19 bits per heavy atom. The van der Waals surface area contributed by atoms with E-state index in [1.807, 2.05) is 36.6 Å². The Bertz CT molecular complexity index is 899. The van der Waals surface area contributed by atoms with Crippen LogP contribution in [0.4, 0.5) is 5.69 Å². The number of aromatic nitrogens is 1. The van der Waals surface area contributed by atoms with Crippen LogP contribution in [-0.2, 0) is 0 Å². The molecule has 2 N–H and O–H groups in total. The van der Waals surface area contributed by atoms with E-state index in [1.54, 1.807) is 39.4 Å². The number of nitrogens with zero attached hydrogens (tertiary/aromatic N) is 1. The van der Waals surface area contributed by atoms with E-state index in [0.29, 0.717) is 28.6 Å². The van der Waals surface area contributed by atoms with Crippen LogP contribution in [0.1, 0.15) is 0 Å². The van der Waals surface area contributed by atoms with Gasteiger partial charge in [-0.2, -0.15) is 0 Å². The number of ether oxygens (including phenoxy) is 3. The molecule has 0 amide bonds. The van der Waals surface area contributed by atoms with E-state index in [4.69, 9.17) is 24.5 Å². The molecule has 0 spiro atoms. The Morgan fingerprint density at radius 1 is 0.962 bits per heavy atom. The smallest absolute Gasteiger partial charge is 0.203 e. The molecule has 0 unspecified atom stereocenters. The Kier molecular flexibility index (Phi) is 5.27. The molecule has 0 aliphatic rings. The number of nitrogens with two attached hydrogens (primary N) is 1. The number of nitrogen functional groups attached to an aromatic ring is 1. The monoisotopic (exact) mass is 372 g/mol. The van der Waals surface area contributed by atoms with Gasteiger partial charge in [-0.3, -0.25) is 0 Å². The summed E-state index contributed by atoms with van der Waals surface area (Å²) in [6, 6.07) is 9.57. The minimum absolute atomic E-state index is 0.525. The van der Waals surface area contributed by atoms with Gasteiger partial charge in [-0.15, -0.1) is 11.8 Å². The molecule has 7 heteroatoms. The molecule has 3 rings (SSSR count). The Hall–Kier alpha value is -2.80. The third-order valence-electron chi connectivity index (χ3n) is 4.05. The van der Waals surface area contributed by atoms with E-state index in [-0.39, 0.29) is 0 Å². The van der Waals surface area contributed by atoms with Gasteiger partial charge in [0, 0.05) is 21.7 Å². The van der Waals surface area contributed by atoms with Crippen molar-refractivity contribution in [2.24, 2.45) is 0 Å². The first-order chi connectivity index (χ1) is 12.6. The normalized spacial score (nSPS) is 10.6. The predicted octanol–water partition coefficient (Wildman–Crippen LogP) is 4.34. The Balaban J connectivity index is 2.13. The van der Waals surface area contributed by atoms with Crippen molar-refractivity contribution in [2.75, 3.05) is 33.3 Å². The summed E-state index contributed by atoms with van der Waals surface area (Å²) in [5.74, 6) is 1.62. The second-order valence-electron chi connectivity index (χ2n) is 5.45. The van der Waals surface area contributed by atoms with Crippen molar-refractivity contribution < 1.29 is 18.7 Å². The zero-order chi connectivity index (χ0) is 18.7. The topological polar surface area (TPSA) is 79.7 Å². The first-order valence-electron chi connectivity index (χ1n) is 7.81. The van der Waals surface area contributed by atoms with Gasteiger partial charge in [0.2, 0.25) is 5.75 Å². The van der Waals surface area contributed by atoms with Crippen molar-refractivity contribution in [1.29, 1.82) is 0 Å². The van der Waals surface area contributed by atoms with Crippen molar-refractivity contribution in [3.8, 4) is 39.6 Å². The van der Waals surface area contributed by atoms with Gasteiger partial charge in [-0.25, -0.2) is 0 Å². The molecule has 0 aliphatic heterocycles. The highest BCUT2D eigenvalue weighted by Gasteiger charge is 2.19. The van der Waals surface area contributed by atoms with Gasteiger partial charge in [-0.05, 0) is 36.1 Å². The van der Waals surface area contributed by atoms with E-state index in [1.165, 1.54) is 0 Å². The molecule has 3 aromatic rings. The standard InChI is InChI=1S/C19H20N2O4S/c1-22-15-8-12(9-16(23-2)19(15)24-3)18-13(10-25-21-18)11-5-6-17(26-4)14(20)7-11/h5-10H,20H2,1-4H3. The Labute approximate surface area is 156 Å². The lowest BCUT2D eigenvalue weighted by Gasteiger charge is -2.14. The molecule has 0 atom stereocenters. The summed E-state index contributed by atoms with van der Waals surface area (Å²) in [6.45, 7) is 0. The van der Waals surface area contributed by atoms with Crippen LogP contribution in [0.25, 0.3) is 22.4 Å². The molecule has 26 heavy (non-hydrogen) atoms. The first kappa shape index (κ1) is 18.0. The fraction of sp³-hybridized carbons (Fsp3) is 0.211. The summed E-state index contributed by atoms with van der Waals surface area (Å²) in [7, 11) is 4.72. The van der Waals surface area contributed by atoms with Crippen LogP contribution >= 0.6 is 11.8 Å². The predicted molar refractivity (Wildman–Crippen MR) is 103 cm³/mol. The molecular weight excluding hydrogens is 352 g/mol. The third-order valence-corrected chi connectivity index (χ3v) is 4.86. The molecule has 0 aliphatic carbocycles. The van der Waals surface area contributed by atoms with Gasteiger partial charge >= 0.3 is 0 Å². The van der Waals surface area contributed by atoms with Gasteiger partial charge < -0.3 is 24.5 Å². The largest absolute Gasteiger partial charge is 0.493 e. The highest BCUT2D eigenvalue weighted by atomic mass is 32.2. The molecule has 0 saturated carbocycles. The van der Waals surface area contributed by atoms with Crippen LogP contribution in [0.2, 0.25) is 0 Å². The number of benzene rings is 2. The fourth-order valence-corrected chi connectivity index (χ4v) is 3.27. The lowest BCUT2D eigenvalue weighted by atomic mass is 10.0. The average molecular weight is 372 g/mol. The van der Waals surface area contributed by atoms with Gasteiger partial charge in [0.15, 0.2) is 11.5 Å². The van der Waals surface area contributed by atoms with Crippen molar-refractivity contribution in [3.63, 3.8) is 0 Å². The average Bonchev–Trinajstić information content (AvgIpc) is 3.16. The van der Waals surface area contributed by atoms with Gasteiger partial charge in [0.05, 0.1) is 21.3 Å². The van der Waals surface area contributed by atoms with Gasteiger partial charge in [0.25, 0.3) is 0 Å². The number of thioether (sulfide) groups is 1. The number of hydrogen-bond donors (Lipinski definition) is 1. The molecule has 0 saturated heterocycles. The molecule has 1 heterocycles. The maximum Gasteiger partial charge on any atom is 0.203 e. The zero-order valence-corrected chi connectivity index (χ0v) is 15.8. The van der Waals surface area contributed by atoms with E-state index >= 15 is 0 Å². The third kappa shape index (κ3) is 3.17. The van der Waals surface area contributed by atoms with Gasteiger partial charge in [-0.1, -0.05) is 11.2 Å². The molecule has 6 nitrogen and oxygen atoms in total. The van der Waals surface area contributed by atoms with Crippen LogP contribution in [0, 0.1) is 0 Å². The fourth-order valence-electron chi connectivity index (χ4n) is 2.77. The lowest BCUT2D eigenvalue weighted by molar-refractivity contribution is 0.324. The number of methoxy groups -OCH3 is 3. The van der Waals surface area contributed by atoms with Crippen molar-refractivity contribution >= 4 is 17.4 Å². The zero-order valence-electron chi connectivity index (χ0n) is 15.0. The molecule has 1 aromatic heterocycles. The SMILES string of the molecule is COc1cc(-c2nocc2-c2ccc(SC)c(N)c2)cc(OC)c1OC. The maximum atomic E-state index is 6.13. The van der Waals surface area contributed by atoms with Crippen molar-refractivity contribution in [3.05, 3.63) is 36.6 Å². The van der Waals surface area contributed by atoms with E-state index in [2.05, 4.69) is 5.16 Å². The van der Waals surface area contributed by atoms with Gasteiger partial charge in [0.1, 0.15) is 12.0 Å². The quantitative estimate of drug-likeness (QED) is 0.509. The molecule has 2 aromatic carbocycles. The van der Waals surface area contributed by atoms with Crippen LogP contribution in [-0.4, -0.2) is 32.7 Å². The first-order valence-corrected chi connectivity index (χ1v) is 9.04. The summed E-state index contributed by atoms with van der Waals surface area (Å²) in [5, 5.41) is 4.17. The summed E-state index contributed by atoms with van der Waals surface area (Å²) in [5.41, 5.74) is 10.1. The molecule has 136 valence electrons. The highest BCUT2D eigenvalue weighted by molar-refractivity contribution is 7.98. The molecule has 0 bridgehead atoms. The van der Waals surface area contributed by atoms with E-state index in [9.17, 15) is 0 Å².